The van der Waals surface area contributed by atoms with Gasteiger partial charge in [-0.25, -0.2) is 4.79 Å². The van der Waals surface area contributed by atoms with Gasteiger partial charge in [-0.15, -0.1) is 0 Å². The van der Waals surface area contributed by atoms with E-state index in [0.29, 0.717) is 12.3 Å². The lowest BCUT2D eigenvalue weighted by Gasteiger charge is -2.39. The second-order valence-corrected chi connectivity index (χ2v) is 7.56. The van der Waals surface area contributed by atoms with Crippen LogP contribution in [0.25, 0.3) is 10.9 Å². The van der Waals surface area contributed by atoms with Crippen LogP contribution in [0.1, 0.15) is 13.8 Å². The number of hydrogen-bond acceptors (Lipinski definition) is 8. The zero-order valence-electron chi connectivity index (χ0n) is 16.8. The molecule has 10 heteroatoms. The number of ether oxygens (including phenoxy) is 3. The fourth-order valence-corrected chi connectivity index (χ4v) is 3.23. The molecule has 0 bridgehead atoms. The van der Waals surface area contributed by atoms with E-state index in [9.17, 15) is 25.2 Å². The first-order chi connectivity index (χ1) is 14.3. The number of aromatic nitrogens is 1. The number of rotatable bonds is 9. The van der Waals surface area contributed by atoms with E-state index < -0.39 is 42.8 Å². The van der Waals surface area contributed by atoms with Crippen LogP contribution in [0.15, 0.2) is 30.5 Å². The van der Waals surface area contributed by atoms with Gasteiger partial charge in [0.05, 0.1) is 0 Å². The maximum atomic E-state index is 11.3. The highest BCUT2D eigenvalue weighted by Gasteiger charge is 2.48. The topological polar surface area (TPSA) is 154 Å². The summed E-state index contributed by atoms with van der Waals surface area (Å²) >= 11 is 0. The summed E-state index contributed by atoms with van der Waals surface area (Å²) in [5.41, 5.74) is 0.915. The van der Waals surface area contributed by atoms with Gasteiger partial charge in [0.2, 0.25) is 0 Å². The molecule has 0 aliphatic carbocycles. The van der Waals surface area contributed by atoms with E-state index in [1.807, 2.05) is 38.1 Å². The summed E-state index contributed by atoms with van der Waals surface area (Å²) in [5.74, 6) is -0.829. The van der Waals surface area contributed by atoms with E-state index in [1.165, 1.54) is 0 Å². The van der Waals surface area contributed by atoms with Crippen molar-refractivity contribution < 1.29 is 39.4 Å². The number of aromatic amines is 1. The van der Waals surface area contributed by atoms with Crippen LogP contribution >= 0.6 is 0 Å². The highest BCUT2D eigenvalue weighted by Crippen LogP contribution is 2.26. The van der Waals surface area contributed by atoms with Gasteiger partial charge in [0.1, 0.15) is 36.8 Å². The van der Waals surface area contributed by atoms with Crippen molar-refractivity contribution in [1.29, 1.82) is 0 Å². The molecule has 6 N–H and O–H groups in total. The zero-order valence-corrected chi connectivity index (χ0v) is 16.8. The number of aliphatic hydroxyl groups excluding tert-OH is 3. The van der Waals surface area contributed by atoms with Crippen molar-refractivity contribution in [3.63, 3.8) is 0 Å². The minimum absolute atomic E-state index is 0.0764. The summed E-state index contributed by atoms with van der Waals surface area (Å²) in [5, 5.41) is 43.3. The van der Waals surface area contributed by atoms with Gasteiger partial charge in [-0.3, -0.25) is 0 Å². The van der Waals surface area contributed by atoms with Crippen LogP contribution < -0.4 is 10.1 Å². The lowest BCUT2D eigenvalue weighted by atomic mass is 9.99. The van der Waals surface area contributed by atoms with E-state index >= 15 is 0 Å². The van der Waals surface area contributed by atoms with E-state index in [4.69, 9.17) is 14.2 Å². The van der Waals surface area contributed by atoms with Crippen LogP contribution in [0, 0.1) is 0 Å². The molecule has 1 saturated heterocycles. The Labute approximate surface area is 173 Å². The highest BCUT2D eigenvalue weighted by molar-refractivity contribution is 5.85. The Morgan fingerprint density at radius 2 is 1.97 bits per heavy atom. The van der Waals surface area contributed by atoms with Gasteiger partial charge >= 0.3 is 5.97 Å². The number of carboxylic acid groups (broad SMARTS) is 1. The van der Waals surface area contributed by atoms with Crippen molar-refractivity contribution >= 4 is 16.9 Å². The van der Waals surface area contributed by atoms with Gasteiger partial charge < -0.3 is 44.9 Å². The first-order valence-corrected chi connectivity index (χ1v) is 9.78. The number of aliphatic hydroxyl groups is 3. The number of aliphatic carboxylic acids is 1. The fourth-order valence-electron chi connectivity index (χ4n) is 3.23. The lowest BCUT2D eigenvalue weighted by Crippen LogP contribution is -2.61. The van der Waals surface area contributed by atoms with E-state index in [0.717, 1.165) is 10.9 Å². The molecule has 0 amide bonds. The molecular formula is C20H28N2O8. The second-order valence-electron chi connectivity index (χ2n) is 7.56. The maximum absolute atomic E-state index is 11.3. The molecule has 6 atom stereocenters. The van der Waals surface area contributed by atoms with Gasteiger partial charge in [-0.2, -0.15) is 0 Å². The molecule has 2 aromatic rings. The third-order valence-corrected chi connectivity index (χ3v) is 4.87. The van der Waals surface area contributed by atoms with Gasteiger partial charge in [-0.1, -0.05) is 19.9 Å². The number of fused-ring (bicyclic) bond motifs is 1. The van der Waals surface area contributed by atoms with Crippen molar-refractivity contribution in [3.05, 3.63) is 30.5 Å². The van der Waals surface area contributed by atoms with Crippen molar-refractivity contribution in [2.75, 3.05) is 13.2 Å². The van der Waals surface area contributed by atoms with Crippen molar-refractivity contribution in [3.8, 4) is 5.75 Å². The molecule has 166 valence electrons. The van der Waals surface area contributed by atoms with Crippen LogP contribution in [0.2, 0.25) is 0 Å². The Kier molecular flexibility index (Phi) is 7.29. The third-order valence-electron chi connectivity index (χ3n) is 4.87. The van der Waals surface area contributed by atoms with E-state index in [1.54, 1.807) is 6.20 Å². The average Bonchev–Trinajstić information content (AvgIpc) is 3.19. The summed E-state index contributed by atoms with van der Waals surface area (Å²) in [6, 6.07) is 7.60. The van der Waals surface area contributed by atoms with Crippen molar-refractivity contribution in [2.45, 2.75) is 56.7 Å². The Morgan fingerprint density at radius 3 is 2.67 bits per heavy atom. The summed E-state index contributed by atoms with van der Waals surface area (Å²) < 4.78 is 16.9. The molecule has 1 aromatic carbocycles. The largest absolute Gasteiger partial charge is 0.490 e. The number of benzene rings is 1. The molecule has 1 aliphatic heterocycles. The molecule has 0 radical (unpaired) electrons. The van der Waals surface area contributed by atoms with E-state index in [2.05, 4.69) is 10.3 Å². The molecule has 1 aromatic heterocycles. The number of nitrogens with one attached hydrogen (secondary N) is 2. The van der Waals surface area contributed by atoms with Gasteiger partial charge in [-0.05, 0) is 18.2 Å². The van der Waals surface area contributed by atoms with Crippen LogP contribution in [0.4, 0.5) is 0 Å². The molecule has 0 spiro atoms. The van der Waals surface area contributed by atoms with Gasteiger partial charge in [0.25, 0.3) is 0 Å². The molecule has 3 rings (SSSR count). The Hall–Kier alpha value is -2.21. The Bertz CT molecular complexity index is 841. The molecular weight excluding hydrogens is 396 g/mol. The lowest BCUT2D eigenvalue weighted by molar-refractivity contribution is -0.305. The number of hydrogen-bond donors (Lipinski definition) is 6. The molecule has 30 heavy (non-hydrogen) atoms. The molecule has 0 unspecified atom stereocenters. The fraction of sp³-hybridized carbons (Fsp3) is 0.550. The van der Waals surface area contributed by atoms with Crippen LogP contribution in [0.5, 0.6) is 5.75 Å². The number of carbonyl (C=O) groups is 1. The third kappa shape index (κ3) is 5.09. The minimum Gasteiger partial charge on any atom is -0.490 e. The second kappa shape index (κ2) is 9.73. The van der Waals surface area contributed by atoms with Gasteiger partial charge in [0.15, 0.2) is 12.4 Å². The van der Waals surface area contributed by atoms with Crippen LogP contribution in [0.3, 0.4) is 0 Å². The first kappa shape index (κ1) is 22.5. The van der Waals surface area contributed by atoms with Crippen molar-refractivity contribution in [1.82, 2.24) is 10.3 Å². The molecule has 0 saturated carbocycles. The monoisotopic (exact) mass is 424 g/mol. The van der Waals surface area contributed by atoms with Crippen LogP contribution in [-0.4, -0.2) is 87.4 Å². The number of carboxylic acids is 1. The Morgan fingerprint density at radius 1 is 1.20 bits per heavy atom. The molecule has 1 fully saturated rings. The summed E-state index contributed by atoms with van der Waals surface area (Å²) in [7, 11) is 0. The SMILES string of the molecule is CC(C)NC[C@@H](COc1cccc2[nH]ccc12)O[C@@H]1O[C@H](C(=O)O)[C@@H](O)[C@H](O)[C@H]1O. The smallest absolute Gasteiger partial charge is 0.335 e. The molecule has 1 aliphatic rings. The summed E-state index contributed by atoms with van der Waals surface area (Å²) in [6.07, 6.45) is -7.12. The Balaban J connectivity index is 1.71. The van der Waals surface area contributed by atoms with Crippen molar-refractivity contribution in [2.24, 2.45) is 0 Å². The van der Waals surface area contributed by atoms with Crippen LogP contribution in [-0.2, 0) is 14.3 Å². The van der Waals surface area contributed by atoms with Gasteiger partial charge in [0, 0.05) is 29.7 Å². The average molecular weight is 424 g/mol. The predicted octanol–water partition coefficient (Wildman–Crippen LogP) is -0.178. The standard InChI is InChI=1S/C20H28N2O8/c1-10(2)22-8-11(9-28-14-5-3-4-13-12(14)6-7-21-13)29-20-17(25)15(23)16(24)18(30-20)19(26)27/h3-7,10-11,15-18,20-25H,8-9H2,1-2H3,(H,26,27)/t11-,15-,16-,17+,18-,20+/m0/s1. The molecule has 10 nitrogen and oxygen atoms in total. The predicted molar refractivity (Wildman–Crippen MR) is 106 cm³/mol. The molecule has 2 heterocycles. The number of H-pyrrole nitrogens is 1. The highest BCUT2D eigenvalue weighted by atomic mass is 16.7. The summed E-state index contributed by atoms with van der Waals surface area (Å²) in [4.78, 5) is 14.4. The maximum Gasteiger partial charge on any atom is 0.335 e. The quantitative estimate of drug-likeness (QED) is 0.322. The first-order valence-electron chi connectivity index (χ1n) is 9.78. The summed E-state index contributed by atoms with van der Waals surface area (Å²) in [6.45, 7) is 4.30. The normalized spacial score (nSPS) is 28.0. The minimum atomic E-state index is -1.77. The zero-order chi connectivity index (χ0) is 21.8. The van der Waals surface area contributed by atoms with E-state index in [-0.39, 0.29) is 12.6 Å².